The molecule has 2 fully saturated rings. The topological polar surface area (TPSA) is 122 Å². The number of primary amides is 1. The van der Waals surface area contributed by atoms with Gasteiger partial charge in [0.05, 0.1) is 44.1 Å². The second kappa shape index (κ2) is 8.19. The fourth-order valence-corrected chi connectivity index (χ4v) is 4.41. The van der Waals surface area contributed by atoms with Crippen LogP contribution in [0.2, 0.25) is 0 Å². The Labute approximate surface area is 174 Å². The average Bonchev–Trinajstić information content (AvgIpc) is 3.40. The number of nitrogens with zero attached hydrogens (tertiary/aromatic N) is 3. The Balaban J connectivity index is 1.71. The molecule has 3 N–H and O–H groups in total. The number of carbonyl (C=O) groups excluding carboxylic acids is 1. The summed E-state index contributed by atoms with van der Waals surface area (Å²) in [6.45, 7) is 0.179. The van der Waals surface area contributed by atoms with Crippen molar-refractivity contribution in [3.05, 3.63) is 35.8 Å². The number of carbonyl (C=O) groups is 1. The number of hydrogen-bond donors (Lipinski definition) is 2. The SMILES string of the molecule is COC1C(n2cc(-c3cc(F)c(F)c(F)c3)nn2)CCOC1(C(N)=O)[C@H]1COC[C@@H]1O. The van der Waals surface area contributed by atoms with Crippen LogP contribution in [0.1, 0.15) is 12.5 Å². The van der Waals surface area contributed by atoms with Gasteiger partial charge in [-0.2, -0.15) is 0 Å². The van der Waals surface area contributed by atoms with Crippen LogP contribution in [0.25, 0.3) is 11.3 Å². The van der Waals surface area contributed by atoms with Crippen molar-refractivity contribution >= 4 is 5.91 Å². The van der Waals surface area contributed by atoms with E-state index in [0.29, 0.717) is 6.42 Å². The van der Waals surface area contributed by atoms with Gasteiger partial charge in [0.25, 0.3) is 5.91 Å². The van der Waals surface area contributed by atoms with Crippen molar-refractivity contribution in [2.45, 2.75) is 30.3 Å². The second-order valence-electron chi connectivity index (χ2n) is 7.57. The van der Waals surface area contributed by atoms with E-state index >= 15 is 0 Å². The minimum absolute atomic E-state index is 0.00976. The summed E-state index contributed by atoms with van der Waals surface area (Å²) in [5, 5.41) is 18.3. The molecule has 3 heterocycles. The van der Waals surface area contributed by atoms with Gasteiger partial charge < -0.3 is 25.1 Å². The highest BCUT2D eigenvalue weighted by molar-refractivity contribution is 5.85. The quantitative estimate of drug-likeness (QED) is 0.650. The van der Waals surface area contributed by atoms with Gasteiger partial charge in [0.1, 0.15) is 11.8 Å². The van der Waals surface area contributed by atoms with Crippen molar-refractivity contribution in [2.75, 3.05) is 26.9 Å². The lowest BCUT2D eigenvalue weighted by atomic mass is 9.75. The van der Waals surface area contributed by atoms with Crippen LogP contribution < -0.4 is 5.73 Å². The second-order valence-corrected chi connectivity index (χ2v) is 7.57. The van der Waals surface area contributed by atoms with Crippen molar-refractivity contribution in [1.29, 1.82) is 0 Å². The molecule has 1 amide bonds. The van der Waals surface area contributed by atoms with Gasteiger partial charge in [0.2, 0.25) is 0 Å². The van der Waals surface area contributed by atoms with Crippen LogP contribution in [0.4, 0.5) is 13.2 Å². The number of halogens is 3. The molecular weight excluding hydrogens is 421 g/mol. The molecule has 0 bridgehead atoms. The maximum absolute atomic E-state index is 13.6. The summed E-state index contributed by atoms with van der Waals surface area (Å²) in [4.78, 5) is 12.6. The zero-order valence-corrected chi connectivity index (χ0v) is 16.5. The van der Waals surface area contributed by atoms with Gasteiger partial charge in [0.15, 0.2) is 23.1 Å². The number of methoxy groups -OCH3 is 1. The highest BCUT2D eigenvalue weighted by atomic mass is 19.2. The van der Waals surface area contributed by atoms with Gasteiger partial charge >= 0.3 is 0 Å². The van der Waals surface area contributed by atoms with Crippen molar-refractivity contribution < 1.29 is 37.3 Å². The van der Waals surface area contributed by atoms with Crippen molar-refractivity contribution in [3.63, 3.8) is 0 Å². The van der Waals surface area contributed by atoms with E-state index in [4.69, 9.17) is 19.9 Å². The molecule has 12 heteroatoms. The molecule has 168 valence electrons. The maximum Gasteiger partial charge on any atom is 0.252 e. The summed E-state index contributed by atoms with van der Waals surface area (Å²) in [6.07, 6.45) is -0.190. The Kier molecular flexibility index (Phi) is 5.73. The fraction of sp³-hybridized carbons (Fsp3) is 0.526. The molecule has 31 heavy (non-hydrogen) atoms. The normalized spacial score (nSPS) is 31.1. The first-order chi connectivity index (χ1) is 14.8. The minimum Gasteiger partial charge on any atom is -0.390 e. The Morgan fingerprint density at radius 1 is 1.32 bits per heavy atom. The van der Waals surface area contributed by atoms with Crippen LogP contribution in [0.5, 0.6) is 0 Å². The van der Waals surface area contributed by atoms with E-state index in [1.54, 1.807) is 0 Å². The van der Waals surface area contributed by atoms with E-state index in [1.165, 1.54) is 18.0 Å². The molecule has 1 aromatic carbocycles. The largest absolute Gasteiger partial charge is 0.390 e. The van der Waals surface area contributed by atoms with Gasteiger partial charge in [-0.3, -0.25) is 4.79 Å². The lowest BCUT2D eigenvalue weighted by Gasteiger charge is -2.47. The number of hydrogen-bond acceptors (Lipinski definition) is 7. The molecule has 2 aliphatic heterocycles. The number of ether oxygens (including phenoxy) is 3. The van der Waals surface area contributed by atoms with E-state index in [2.05, 4.69) is 10.3 Å². The van der Waals surface area contributed by atoms with E-state index in [0.717, 1.165) is 12.1 Å². The molecule has 2 saturated heterocycles. The first kappa shape index (κ1) is 21.7. The third-order valence-electron chi connectivity index (χ3n) is 5.90. The average molecular weight is 442 g/mol. The number of benzene rings is 1. The molecule has 5 atom stereocenters. The van der Waals surface area contributed by atoms with Crippen molar-refractivity contribution in [3.8, 4) is 11.3 Å². The van der Waals surface area contributed by atoms with Gasteiger partial charge in [-0.1, -0.05) is 5.21 Å². The summed E-state index contributed by atoms with van der Waals surface area (Å²) in [5.41, 5.74) is 4.11. The molecule has 4 rings (SSSR count). The summed E-state index contributed by atoms with van der Waals surface area (Å²) in [5.74, 6) is -5.87. The molecule has 0 aliphatic carbocycles. The van der Waals surface area contributed by atoms with E-state index in [1.807, 2.05) is 0 Å². The predicted octanol–water partition coefficient (Wildman–Crippen LogP) is 0.570. The molecular formula is C19H21F3N4O5. The van der Waals surface area contributed by atoms with E-state index in [-0.39, 0.29) is 31.1 Å². The highest BCUT2D eigenvalue weighted by Crippen LogP contribution is 2.42. The maximum atomic E-state index is 13.6. The van der Waals surface area contributed by atoms with E-state index in [9.17, 15) is 23.1 Å². The van der Waals surface area contributed by atoms with Gasteiger partial charge in [-0.25, -0.2) is 17.9 Å². The smallest absolute Gasteiger partial charge is 0.252 e. The molecule has 2 aromatic rings. The standard InChI is InChI=1S/C19H21F3N4O5/c1-29-17-14(2-3-31-19(17,18(23)28)10-7-30-8-15(10)27)26-6-13(24-25-26)9-4-11(20)16(22)12(21)5-9/h4-6,10,14-15,17,27H,2-3,7-8H2,1H3,(H2,23,28)/t10-,14?,15-,17?,19?/m0/s1. The summed E-state index contributed by atoms with van der Waals surface area (Å²) in [7, 11) is 1.37. The third-order valence-corrected chi connectivity index (χ3v) is 5.90. The Bertz CT molecular complexity index is 966. The Hall–Kier alpha value is -2.54. The zero-order chi connectivity index (χ0) is 22.3. The molecule has 1 aromatic heterocycles. The third kappa shape index (κ3) is 3.49. The summed E-state index contributed by atoms with van der Waals surface area (Å²) < 4.78 is 58.6. The Morgan fingerprint density at radius 3 is 2.61 bits per heavy atom. The summed E-state index contributed by atoms with van der Waals surface area (Å²) >= 11 is 0. The monoisotopic (exact) mass is 442 g/mol. The molecule has 0 spiro atoms. The number of aromatic nitrogens is 3. The molecule has 2 aliphatic rings. The number of aliphatic hydroxyl groups excluding tert-OH is 1. The molecule has 0 saturated carbocycles. The summed E-state index contributed by atoms with van der Waals surface area (Å²) in [6, 6.07) is 1.02. The zero-order valence-electron chi connectivity index (χ0n) is 16.5. The Morgan fingerprint density at radius 2 is 2.03 bits per heavy atom. The van der Waals surface area contributed by atoms with Crippen LogP contribution >= 0.6 is 0 Å². The van der Waals surface area contributed by atoms with Gasteiger partial charge in [-0.05, 0) is 18.6 Å². The van der Waals surface area contributed by atoms with Crippen molar-refractivity contribution in [2.24, 2.45) is 11.7 Å². The first-order valence-electron chi connectivity index (χ1n) is 9.58. The highest BCUT2D eigenvalue weighted by Gasteiger charge is 2.60. The number of amides is 1. The lowest BCUT2D eigenvalue weighted by molar-refractivity contribution is -0.217. The number of nitrogens with two attached hydrogens (primary N) is 1. The van der Waals surface area contributed by atoms with Gasteiger partial charge in [-0.15, -0.1) is 5.10 Å². The van der Waals surface area contributed by atoms with E-state index < -0.39 is 53.1 Å². The van der Waals surface area contributed by atoms with Gasteiger partial charge in [0, 0.05) is 12.7 Å². The lowest BCUT2D eigenvalue weighted by Crippen LogP contribution is -2.67. The minimum atomic E-state index is -1.69. The van der Waals surface area contributed by atoms with Crippen LogP contribution in [-0.2, 0) is 19.0 Å². The van der Waals surface area contributed by atoms with Crippen LogP contribution in [0, 0.1) is 23.4 Å². The molecule has 9 nitrogen and oxygen atoms in total. The predicted molar refractivity (Wildman–Crippen MR) is 98.0 cm³/mol. The molecule has 0 radical (unpaired) electrons. The van der Waals surface area contributed by atoms with Crippen LogP contribution in [0.15, 0.2) is 18.3 Å². The number of aliphatic hydroxyl groups is 1. The van der Waals surface area contributed by atoms with Crippen LogP contribution in [0.3, 0.4) is 0 Å². The van der Waals surface area contributed by atoms with Crippen LogP contribution in [-0.4, -0.2) is 70.7 Å². The first-order valence-corrected chi connectivity index (χ1v) is 9.58. The number of rotatable bonds is 5. The molecule has 3 unspecified atom stereocenters. The fourth-order valence-electron chi connectivity index (χ4n) is 4.41. The van der Waals surface area contributed by atoms with Crippen molar-refractivity contribution in [1.82, 2.24) is 15.0 Å².